The molecule has 0 spiro atoms. The van der Waals surface area contributed by atoms with Crippen molar-refractivity contribution in [3.8, 4) is 17.2 Å². The highest BCUT2D eigenvalue weighted by Crippen LogP contribution is 2.40. The first-order chi connectivity index (χ1) is 15.9. The molecule has 11 heteroatoms. The van der Waals surface area contributed by atoms with Gasteiger partial charge in [-0.1, -0.05) is 11.6 Å². The van der Waals surface area contributed by atoms with E-state index in [1.54, 1.807) is 24.3 Å². The van der Waals surface area contributed by atoms with Crippen LogP contribution >= 0.6 is 11.6 Å². The minimum Gasteiger partial charge on any atom is -0.493 e. The Morgan fingerprint density at radius 3 is 2.64 bits per heavy atom. The number of hydrogen-bond donors (Lipinski definition) is 1. The van der Waals surface area contributed by atoms with Crippen molar-refractivity contribution in [2.45, 2.75) is 4.90 Å². The summed E-state index contributed by atoms with van der Waals surface area (Å²) in [5.74, 6) is 1.13. The van der Waals surface area contributed by atoms with Gasteiger partial charge in [0.1, 0.15) is 18.1 Å². The third-order valence-electron chi connectivity index (χ3n) is 5.06. The number of carbonyl (C=O) groups is 1. The van der Waals surface area contributed by atoms with Crippen molar-refractivity contribution in [2.75, 3.05) is 51.9 Å². The average molecular weight is 495 g/mol. The lowest BCUT2D eigenvalue weighted by molar-refractivity contribution is -0.111. The highest BCUT2D eigenvalue weighted by atomic mass is 35.5. The molecule has 0 aliphatic carbocycles. The van der Waals surface area contributed by atoms with Gasteiger partial charge in [0.2, 0.25) is 21.7 Å². The van der Waals surface area contributed by atoms with E-state index in [1.807, 2.05) is 0 Å². The lowest BCUT2D eigenvalue weighted by atomic mass is 10.1. The molecule has 2 aromatic rings. The van der Waals surface area contributed by atoms with Gasteiger partial charge in [-0.2, -0.15) is 4.31 Å². The summed E-state index contributed by atoms with van der Waals surface area (Å²) in [4.78, 5) is 12.4. The fourth-order valence-corrected chi connectivity index (χ4v) is 5.36. The van der Waals surface area contributed by atoms with Gasteiger partial charge in [-0.25, -0.2) is 8.42 Å². The van der Waals surface area contributed by atoms with Gasteiger partial charge in [-0.3, -0.25) is 4.79 Å². The number of hydrogen-bond acceptors (Lipinski definition) is 7. The van der Waals surface area contributed by atoms with Crippen LogP contribution in [0.5, 0.6) is 17.2 Å². The fourth-order valence-electron chi connectivity index (χ4n) is 3.45. The number of methoxy groups -OCH3 is 1. The number of carbonyl (C=O) groups excluding carboxylic acids is 1. The van der Waals surface area contributed by atoms with E-state index in [2.05, 4.69) is 5.32 Å². The Kier molecular flexibility index (Phi) is 7.08. The molecule has 176 valence electrons. The molecule has 0 aromatic heterocycles. The molecular formula is C22H23ClN2O7S. The maximum Gasteiger partial charge on any atom is 0.248 e. The van der Waals surface area contributed by atoms with Gasteiger partial charge in [-0.15, -0.1) is 0 Å². The Morgan fingerprint density at radius 1 is 1.12 bits per heavy atom. The van der Waals surface area contributed by atoms with Gasteiger partial charge in [0.05, 0.1) is 25.3 Å². The molecule has 0 bridgehead atoms. The highest BCUT2D eigenvalue weighted by molar-refractivity contribution is 7.89. The zero-order valence-corrected chi connectivity index (χ0v) is 19.4. The maximum absolute atomic E-state index is 13.0. The van der Waals surface area contributed by atoms with E-state index in [9.17, 15) is 13.2 Å². The zero-order chi connectivity index (χ0) is 23.4. The van der Waals surface area contributed by atoms with Crippen LogP contribution in [0.3, 0.4) is 0 Å². The van der Waals surface area contributed by atoms with Crippen LogP contribution in [-0.2, 0) is 19.6 Å². The predicted octanol–water partition coefficient (Wildman–Crippen LogP) is 2.79. The first-order valence-electron chi connectivity index (χ1n) is 10.2. The largest absolute Gasteiger partial charge is 0.493 e. The van der Waals surface area contributed by atoms with Gasteiger partial charge < -0.3 is 24.3 Å². The molecule has 2 aromatic carbocycles. The SMILES string of the molecule is COc1cc(/C=C/C(=O)Nc2ccc(Cl)c(S(=O)(=O)N3CCOCC3)c2)cc2c1OCCO2. The van der Waals surface area contributed by atoms with E-state index < -0.39 is 15.9 Å². The molecule has 0 saturated carbocycles. The quantitative estimate of drug-likeness (QED) is 0.616. The number of nitrogens with one attached hydrogen (secondary N) is 1. The van der Waals surface area contributed by atoms with E-state index in [0.29, 0.717) is 54.9 Å². The standard InChI is InChI=1S/C22H23ClN2O7S/c1-29-18-12-15(13-19-22(18)32-11-10-31-19)2-5-21(26)24-16-3-4-17(23)20(14-16)33(27,28)25-6-8-30-9-7-25/h2-5,12-14H,6-11H2,1H3,(H,24,26)/b5-2+. The number of nitrogens with zero attached hydrogens (tertiary/aromatic N) is 1. The van der Waals surface area contributed by atoms with Crippen molar-refractivity contribution in [3.63, 3.8) is 0 Å². The summed E-state index contributed by atoms with van der Waals surface area (Å²) in [6.07, 6.45) is 2.92. The number of halogens is 1. The number of fused-ring (bicyclic) bond motifs is 1. The van der Waals surface area contributed by atoms with Gasteiger partial charge in [0.15, 0.2) is 11.5 Å². The van der Waals surface area contributed by atoms with Crippen LogP contribution in [0.15, 0.2) is 41.3 Å². The van der Waals surface area contributed by atoms with Crippen molar-refractivity contribution >= 4 is 39.3 Å². The van der Waals surface area contributed by atoms with E-state index in [0.717, 1.165) is 0 Å². The molecule has 0 unspecified atom stereocenters. The summed E-state index contributed by atoms with van der Waals surface area (Å²) in [5.41, 5.74) is 0.985. The number of benzene rings is 2. The third kappa shape index (κ3) is 5.25. The van der Waals surface area contributed by atoms with Crippen molar-refractivity contribution < 1.29 is 32.2 Å². The molecule has 1 amide bonds. The summed E-state index contributed by atoms with van der Waals surface area (Å²) < 4.78 is 49.0. The number of morpholine rings is 1. The second-order valence-electron chi connectivity index (χ2n) is 7.23. The molecule has 0 atom stereocenters. The average Bonchev–Trinajstić information content (AvgIpc) is 2.83. The summed E-state index contributed by atoms with van der Waals surface area (Å²) >= 11 is 6.17. The van der Waals surface area contributed by atoms with Gasteiger partial charge in [-0.05, 0) is 42.0 Å². The Labute approximate surface area is 196 Å². The predicted molar refractivity (Wildman–Crippen MR) is 123 cm³/mol. The van der Waals surface area contributed by atoms with Crippen LogP contribution in [0.25, 0.3) is 6.08 Å². The first-order valence-corrected chi connectivity index (χ1v) is 12.0. The molecule has 1 fully saturated rings. The fraction of sp³-hybridized carbons (Fsp3) is 0.318. The second kappa shape index (κ2) is 10.0. The van der Waals surface area contributed by atoms with E-state index in [-0.39, 0.29) is 23.0 Å². The zero-order valence-electron chi connectivity index (χ0n) is 17.9. The van der Waals surface area contributed by atoms with Crippen molar-refractivity contribution in [1.29, 1.82) is 0 Å². The second-order valence-corrected chi connectivity index (χ2v) is 9.55. The Balaban J connectivity index is 1.50. The van der Waals surface area contributed by atoms with Crippen molar-refractivity contribution in [1.82, 2.24) is 4.31 Å². The lowest BCUT2D eigenvalue weighted by Gasteiger charge is -2.26. The smallest absolute Gasteiger partial charge is 0.248 e. The molecular weight excluding hydrogens is 472 g/mol. The topological polar surface area (TPSA) is 103 Å². The van der Waals surface area contributed by atoms with Gasteiger partial charge in [0.25, 0.3) is 0 Å². The molecule has 1 saturated heterocycles. The molecule has 2 aliphatic rings. The summed E-state index contributed by atoms with van der Waals surface area (Å²) in [5, 5.41) is 2.75. The lowest BCUT2D eigenvalue weighted by Crippen LogP contribution is -2.40. The Bertz CT molecular complexity index is 1160. The van der Waals surface area contributed by atoms with Crippen LogP contribution in [0.4, 0.5) is 5.69 Å². The summed E-state index contributed by atoms with van der Waals surface area (Å²) in [6.45, 7) is 2.00. The third-order valence-corrected chi connectivity index (χ3v) is 7.44. The molecule has 2 aliphatic heterocycles. The summed E-state index contributed by atoms with van der Waals surface area (Å²) in [6, 6.07) is 7.81. The van der Waals surface area contributed by atoms with Crippen molar-refractivity contribution in [3.05, 3.63) is 47.0 Å². The van der Waals surface area contributed by atoms with Crippen molar-refractivity contribution in [2.24, 2.45) is 0 Å². The Hall–Kier alpha value is -2.79. The van der Waals surface area contributed by atoms with Crippen LogP contribution in [0.1, 0.15) is 5.56 Å². The minimum absolute atomic E-state index is 0.0654. The van der Waals surface area contributed by atoms with Crippen LogP contribution in [-0.4, -0.2) is 65.3 Å². The molecule has 9 nitrogen and oxygen atoms in total. The van der Waals surface area contributed by atoms with Gasteiger partial charge in [0, 0.05) is 24.9 Å². The number of ether oxygens (including phenoxy) is 4. The van der Waals surface area contributed by atoms with E-state index in [4.69, 9.17) is 30.5 Å². The molecule has 1 N–H and O–H groups in total. The normalized spacial score (nSPS) is 16.5. The monoisotopic (exact) mass is 494 g/mol. The molecule has 2 heterocycles. The van der Waals surface area contributed by atoms with Crippen LogP contribution in [0.2, 0.25) is 5.02 Å². The maximum atomic E-state index is 13.0. The molecule has 4 rings (SSSR count). The Morgan fingerprint density at radius 2 is 1.88 bits per heavy atom. The van der Waals surface area contributed by atoms with Gasteiger partial charge >= 0.3 is 0 Å². The molecule has 33 heavy (non-hydrogen) atoms. The van der Waals surface area contributed by atoms with Crippen LogP contribution < -0.4 is 19.5 Å². The van der Waals surface area contributed by atoms with E-state index >= 15 is 0 Å². The minimum atomic E-state index is -3.81. The first kappa shape index (κ1) is 23.4. The highest BCUT2D eigenvalue weighted by Gasteiger charge is 2.28. The van der Waals surface area contributed by atoms with Crippen LogP contribution in [0, 0.1) is 0 Å². The number of anilines is 1. The number of sulfonamides is 1. The molecule has 0 radical (unpaired) electrons. The summed E-state index contributed by atoms with van der Waals surface area (Å²) in [7, 11) is -2.29. The number of amides is 1. The van der Waals surface area contributed by atoms with E-state index in [1.165, 1.54) is 29.6 Å². The number of rotatable bonds is 6.